The second-order valence-corrected chi connectivity index (χ2v) is 14.0. The van der Waals surface area contributed by atoms with E-state index in [0.717, 1.165) is 67.8 Å². The summed E-state index contributed by atoms with van der Waals surface area (Å²) in [5.41, 5.74) is 10.5. The molecule has 10 rings (SSSR count). The number of imidazole rings is 1. The van der Waals surface area contributed by atoms with Gasteiger partial charge in [0.05, 0.1) is 33.4 Å². The zero-order valence-corrected chi connectivity index (χ0v) is 29.2. The van der Waals surface area contributed by atoms with Crippen molar-refractivity contribution in [2.24, 2.45) is 7.05 Å². The molecular weight excluding hydrogens is 639 g/mol. The number of rotatable bonds is 5. The first-order valence-electron chi connectivity index (χ1n) is 17.7. The number of benzene rings is 6. The number of pyridine rings is 1. The van der Waals surface area contributed by atoms with Crippen molar-refractivity contribution in [2.45, 2.75) is 19.3 Å². The minimum absolute atomic E-state index is 0.347. The Bertz CT molecular complexity index is 2820. The normalized spacial score (nSPS) is 13.4. The van der Waals surface area contributed by atoms with Crippen molar-refractivity contribution in [3.63, 3.8) is 0 Å². The first kappa shape index (κ1) is 30.2. The Morgan fingerprint density at radius 3 is 2.23 bits per heavy atom. The van der Waals surface area contributed by atoms with Gasteiger partial charge in [-0.1, -0.05) is 98.8 Å². The fourth-order valence-corrected chi connectivity index (χ4v) is 8.27. The van der Waals surface area contributed by atoms with Gasteiger partial charge in [-0.3, -0.25) is 4.90 Å². The van der Waals surface area contributed by atoms with E-state index >= 15 is 0 Å². The first-order valence-corrected chi connectivity index (χ1v) is 17.7. The molecule has 6 heteroatoms. The molecule has 6 nitrogen and oxygen atoms in total. The summed E-state index contributed by atoms with van der Waals surface area (Å²) in [6, 6.07) is 52.8. The lowest BCUT2D eigenvalue weighted by atomic mass is 9.72. The van der Waals surface area contributed by atoms with Gasteiger partial charge in [-0.2, -0.15) is 0 Å². The molecule has 0 saturated carbocycles. The standard InChI is InChI=1S/C46H35N5O/c1-46(2)34-21-8-11-24-37(34)51(41-26-13-14-27-47-41)39-29-40(52-32-19-15-16-30(28-32)45-48-35-22-9-12-25-38(35)49(45)3)44-42(43(39)46)33-20-7-10-23-36(33)50(44)31-17-5-4-6-18-31/h4-29H,1-3H3. The van der Waals surface area contributed by atoms with Crippen LogP contribution in [0.25, 0.3) is 49.9 Å². The topological polar surface area (TPSA) is 48.1 Å². The van der Waals surface area contributed by atoms with E-state index in [9.17, 15) is 0 Å². The lowest BCUT2D eigenvalue weighted by Gasteiger charge is -2.42. The minimum atomic E-state index is -0.347. The van der Waals surface area contributed by atoms with E-state index in [4.69, 9.17) is 14.7 Å². The molecule has 0 N–H and O–H groups in total. The molecule has 9 aromatic rings. The van der Waals surface area contributed by atoms with Crippen LogP contribution in [0.4, 0.5) is 17.2 Å². The number of ether oxygens (including phenoxy) is 1. The molecule has 4 heterocycles. The van der Waals surface area contributed by atoms with Crippen LogP contribution in [-0.2, 0) is 12.5 Å². The Morgan fingerprint density at radius 1 is 0.654 bits per heavy atom. The Balaban J connectivity index is 1.29. The maximum absolute atomic E-state index is 7.16. The molecule has 1 aliphatic rings. The van der Waals surface area contributed by atoms with Crippen molar-refractivity contribution < 1.29 is 4.74 Å². The smallest absolute Gasteiger partial charge is 0.154 e. The van der Waals surface area contributed by atoms with Crippen LogP contribution < -0.4 is 9.64 Å². The molecule has 0 fully saturated rings. The van der Waals surface area contributed by atoms with Gasteiger partial charge in [0.15, 0.2) is 5.75 Å². The summed E-state index contributed by atoms with van der Waals surface area (Å²) in [6.45, 7) is 4.69. The Hall–Kier alpha value is -6.66. The third kappa shape index (κ3) is 4.44. The van der Waals surface area contributed by atoms with E-state index in [-0.39, 0.29) is 5.41 Å². The number of hydrogen-bond acceptors (Lipinski definition) is 4. The number of para-hydroxylation sites is 5. The number of aryl methyl sites for hydroxylation is 1. The quantitative estimate of drug-likeness (QED) is 0.182. The van der Waals surface area contributed by atoms with Crippen LogP contribution in [0.3, 0.4) is 0 Å². The van der Waals surface area contributed by atoms with Crippen LogP contribution >= 0.6 is 0 Å². The van der Waals surface area contributed by atoms with Crippen LogP contribution in [0.1, 0.15) is 25.0 Å². The number of hydrogen-bond donors (Lipinski definition) is 0. The third-order valence-electron chi connectivity index (χ3n) is 10.6. The number of nitrogens with zero attached hydrogens (tertiary/aromatic N) is 5. The summed E-state index contributed by atoms with van der Waals surface area (Å²) in [6.07, 6.45) is 1.86. The highest BCUT2D eigenvalue weighted by Gasteiger charge is 2.41. The largest absolute Gasteiger partial charge is 0.455 e. The van der Waals surface area contributed by atoms with Gasteiger partial charge in [-0.25, -0.2) is 9.97 Å². The molecule has 0 aliphatic carbocycles. The third-order valence-corrected chi connectivity index (χ3v) is 10.6. The molecule has 0 bridgehead atoms. The highest BCUT2D eigenvalue weighted by atomic mass is 16.5. The van der Waals surface area contributed by atoms with Gasteiger partial charge >= 0.3 is 0 Å². The van der Waals surface area contributed by atoms with E-state index in [1.165, 1.54) is 21.9 Å². The van der Waals surface area contributed by atoms with Crippen LogP contribution in [0.2, 0.25) is 0 Å². The number of fused-ring (bicyclic) bond motifs is 7. The SMILES string of the molecule is Cn1c(-c2cccc(Oc3cc4c(c5c6ccccc6n(-c6ccccc6)c35)C(C)(C)c3ccccc3N4c3ccccn3)c2)nc2ccccc21. The van der Waals surface area contributed by atoms with Gasteiger partial charge in [-0.05, 0) is 71.8 Å². The van der Waals surface area contributed by atoms with Gasteiger partial charge in [0.1, 0.15) is 17.4 Å². The van der Waals surface area contributed by atoms with Gasteiger partial charge in [0.2, 0.25) is 0 Å². The zero-order valence-electron chi connectivity index (χ0n) is 29.2. The first-order chi connectivity index (χ1) is 25.5. The van der Waals surface area contributed by atoms with Crippen molar-refractivity contribution >= 4 is 50.0 Å². The van der Waals surface area contributed by atoms with E-state index in [1.807, 2.05) is 36.5 Å². The fraction of sp³-hybridized carbons (Fsp3) is 0.0870. The molecule has 0 amide bonds. The average molecular weight is 674 g/mol. The summed E-state index contributed by atoms with van der Waals surface area (Å²) in [5, 5.41) is 2.34. The maximum atomic E-state index is 7.16. The molecule has 250 valence electrons. The second-order valence-electron chi connectivity index (χ2n) is 14.0. The lowest BCUT2D eigenvalue weighted by Crippen LogP contribution is -2.31. The lowest BCUT2D eigenvalue weighted by molar-refractivity contribution is 0.486. The molecule has 52 heavy (non-hydrogen) atoms. The Morgan fingerprint density at radius 2 is 1.40 bits per heavy atom. The van der Waals surface area contributed by atoms with Crippen molar-refractivity contribution in [3.8, 4) is 28.6 Å². The van der Waals surface area contributed by atoms with Crippen molar-refractivity contribution in [3.05, 3.63) is 169 Å². The van der Waals surface area contributed by atoms with Crippen molar-refractivity contribution in [2.75, 3.05) is 4.90 Å². The van der Waals surface area contributed by atoms with Crippen LogP contribution in [0.15, 0.2) is 158 Å². The summed E-state index contributed by atoms with van der Waals surface area (Å²) in [7, 11) is 2.06. The van der Waals surface area contributed by atoms with E-state index in [2.05, 4.69) is 156 Å². The highest BCUT2D eigenvalue weighted by Crippen LogP contribution is 2.57. The minimum Gasteiger partial charge on any atom is -0.455 e. The predicted molar refractivity (Wildman–Crippen MR) is 212 cm³/mol. The fourth-order valence-electron chi connectivity index (χ4n) is 8.27. The summed E-state index contributed by atoms with van der Waals surface area (Å²) >= 11 is 0. The maximum Gasteiger partial charge on any atom is 0.154 e. The highest BCUT2D eigenvalue weighted by molar-refractivity contribution is 6.16. The summed E-state index contributed by atoms with van der Waals surface area (Å²) < 4.78 is 11.7. The van der Waals surface area contributed by atoms with E-state index in [0.29, 0.717) is 0 Å². The summed E-state index contributed by atoms with van der Waals surface area (Å²) in [5.74, 6) is 3.23. The van der Waals surface area contributed by atoms with Gasteiger partial charge in [-0.15, -0.1) is 0 Å². The Labute approximate surface area is 301 Å². The van der Waals surface area contributed by atoms with Crippen LogP contribution in [-0.4, -0.2) is 19.1 Å². The van der Waals surface area contributed by atoms with Crippen LogP contribution in [0.5, 0.6) is 11.5 Å². The molecule has 0 atom stereocenters. The molecule has 1 aliphatic heterocycles. The van der Waals surface area contributed by atoms with Crippen molar-refractivity contribution in [1.82, 2.24) is 19.1 Å². The van der Waals surface area contributed by atoms with Crippen LogP contribution in [0, 0.1) is 0 Å². The molecule has 0 radical (unpaired) electrons. The number of anilines is 3. The average Bonchev–Trinajstić information content (AvgIpc) is 3.71. The van der Waals surface area contributed by atoms with E-state index in [1.54, 1.807) is 0 Å². The van der Waals surface area contributed by atoms with Gasteiger partial charge < -0.3 is 13.9 Å². The molecule has 0 spiro atoms. The molecule has 3 aromatic heterocycles. The molecule has 0 unspecified atom stereocenters. The number of aromatic nitrogens is 4. The predicted octanol–water partition coefficient (Wildman–Crippen LogP) is 11.6. The second kappa shape index (κ2) is 11.4. The molecule has 0 saturated heterocycles. The zero-order chi connectivity index (χ0) is 35.0. The Kier molecular flexibility index (Phi) is 6.64. The molecular formula is C46H35N5O. The van der Waals surface area contributed by atoms with Gasteiger partial charge in [0, 0.05) is 46.7 Å². The molecule has 6 aromatic carbocycles. The monoisotopic (exact) mass is 673 g/mol. The summed E-state index contributed by atoms with van der Waals surface area (Å²) in [4.78, 5) is 12.2. The van der Waals surface area contributed by atoms with E-state index < -0.39 is 0 Å². The van der Waals surface area contributed by atoms with Crippen molar-refractivity contribution in [1.29, 1.82) is 0 Å². The van der Waals surface area contributed by atoms with Gasteiger partial charge in [0.25, 0.3) is 0 Å².